The summed E-state index contributed by atoms with van der Waals surface area (Å²) in [5, 5.41) is 21.4. The van der Waals surface area contributed by atoms with Crippen molar-refractivity contribution in [2.45, 2.75) is 49.3 Å². The minimum Gasteiger partial charge on any atom is -0.394 e. The zero-order valence-electron chi connectivity index (χ0n) is 22.1. The monoisotopic (exact) mass is 693 g/mol. The van der Waals surface area contributed by atoms with Gasteiger partial charge in [-0.1, -0.05) is 5.21 Å². The Morgan fingerprint density at radius 3 is 2.86 bits per heavy atom. The minimum atomic E-state index is -4.29. The number of hydrogen-bond donors (Lipinski definition) is 6. The first kappa shape index (κ1) is 31.2. The summed E-state index contributed by atoms with van der Waals surface area (Å²) < 4.78 is 57.8. The Labute approximate surface area is 256 Å². The van der Waals surface area contributed by atoms with Crippen LogP contribution in [0.5, 0.6) is 0 Å². The third kappa shape index (κ3) is 5.95. The van der Waals surface area contributed by atoms with E-state index in [1.807, 2.05) is 0 Å². The van der Waals surface area contributed by atoms with Gasteiger partial charge in [0.1, 0.15) is 42.5 Å². The number of halogens is 1. The molecule has 2 aliphatic heterocycles. The van der Waals surface area contributed by atoms with Gasteiger partial charge in [0, 0.05) is 18.2 Å². The van der Waals surface area contributed by atoms with Gasteiger partial charge in [0.2, 0.25) is 5.95 Å². The molecule has 44 heavy (non-hydrogen) atoms. The maximum atomic E-state index is 15.4. The van der Waals surface area contributed by atoms with Crippen LogP contribution >= 0.6 is 26.2 Å². The lowest BCUT2D eigenvalue weighted by Crippen LogP contribution is -2.33. The average Bonchev–Trinajstić information content (AvgIpc) is 3.73. The maximum absolute atomic E-state index is 15.4. The molecule has 2 aliphatic rings. The highest BCUT2D eigenvalue weighted by Crippen LogP contribution is 2.51. The van der Waals surface area contributed by atoms with Crippen LogP contribution in [0.2, 0.25) is 0 Å². The van der Waals surface area contributed by atoms with Gasteiger partial charge < -0.3 is 35.5 Å². The lowest BCUT2D eigenvalue weighted by Gasteiger charge is -2.25. The van der Waals surface area contributed by atoms with Crippen LogP contribution in [0, 0.1) is 0 Å². The molecule has 2 fully saturated rings. The highest BCUT2D eigenvalue weighted by Gasteiger charge is 2.51. The van der Waals surface area contributed by atoms with E-state index >= 15 is 4.39 Å². The minimum absolute atomic E-state index is 0.169. The number of nitrogens with one attached hydrogen (secondary N) is 1. The summed E-state index contributed by atoms with van der Waals surface area (Å²) in [5.41, 5.74) is 11.5. The van der Waals surface area contributed by atoms with Crippen LogP contribution in [0.1, 0.15) is 24.3 Å². The number of alkyl halides is 1. The number of rotatable bonds is 10. The van der Waals surface area contributed by atoms with Crippen molar-refractivity contribution in [3.8, 4) is 0 Å². The van der Waals surface area contributed by atoms with Crippen molar-refractivity contribution in [2.24, 2.45) is 0 Å². The molecular weight excluding hydrogens is 669 g/mol. The third-order valence-electron chi connectivity index (χ3n) is 6.93. The average molecular weight is 694 g/mol. The van der Waals surface area contributed by atoms with Gasteiger partial charge in [0.05, 0.1) is 25.5 Å². The smallest absolute Gasteiger partial charge is 0.394 e. The topological polar surface area (TPSA) is 262 Å². The van der Waals surface area contributed by atoms with Crippen LogP contribution in [0.25, 0.3) is 16.8 Å². The number of aliphatic hydroxyl groups excluding tert-OH is 1. The van der Waals surface area contributed by atoms with Crippen molar-refractivity contribution in [3.05, 3.63) is 34.4 Å². The van der Waals surface area contributed by atoms with Crippen molar-refractivity contribution in [2.75, 3.05) is 24.7 Å². The highest BCUT2D eigenvalue weighted by molar-refractivity contribution is 8.39. The van der Waals surface area contributed by atoms with Gasteiger partial charge in [0.15, 0.2) is 29.2 Å². The number of H-pyrrole nitrogens is 1. The molecule has 236 valence electrons. The Balaban J connectivity index is 1.20. The lowest BCUT2D eigenvalue weighted by molar-refractivity contribution is -0.0563. The molecule has 0 aromatic carbocycles. The molecule has 0 radical (unpaired) electrons. The van der Waals surface area contributed by atoms with Gasteiger partial charge in [0.25, 0.3) is 5.56 Å². The number of nitrogens with zero attached hydrogens (tertiary/aromatic N) is 7. The number of ether oxygens (including phenoxy) is 2. The number of fused-ring (bicyclic) bond motifs is 2. The SMILES string of the molecule is Nc1nc2c(nnn2[C@@H]2O[C@H](CO)[C@H](F)[C@H]2OP(O)(=S)OC[C@H]2O[C@@H](c3cnn4c(N)ccnc34)C[C@@H]2O[P+](=O)S)c(=O)[nH]1. The molecule has 2 unspecified atom stereocenters. The molecule has 7 N–H and O–H groups in total. The van der Waals surface area contributed by atoms with Crippen molar-refractivity contribution in [1.29, 1.82) is 0 Å². The maximum Gasteiger partial charge on any atom is 0.582 e. The molecule has 0 saturated carbocycles. The molecule has 0 amide bonds. The number of aromatic amines is 1. The van der Waals surface area contributed by atoms with Crippen LogP contribution in [-0.4, -0.2) is 93.4 Å². The van der Waals surface area contributed by atoms with Gasteiger partial charge in [-0.05, 0) is 22.4 Å². The van der Waals surface area contributed by atoms with Gasteiger partial charge in [-0.25, -0.2) is 9.37 Å². The Morgan fingerprint density at radius 1 is 1.32 bits per heavy atom. The lowest BCUT2D eigenvalue weighted by atomic mass is 10.1. The van der Waals surface area contributed by atoms with E-state index in [0.717, 1.165) is 4.68 Å². The van der Waals surface area contributed by atoms with Gasteiger partial charge in [-0.15, -0.1) is 9.62 Å². The number of aromatic nitrogens is 8. The normalized spacial score (nSPS) is 29.0. The van der Waals surface area contributed by atoms with E-state index < -0.39 is 75.6 Å². The molecular formula is C20H24FN10O9P2S2+. The Kier molecular flexibility index (Phi) is 8.67. The first-order valence-electron chi connectivity index (χ1n) is 12.7. The summed E-state index contributed by atoms with van der Waals surface area (Å²) >= 11 is 9.00. The molecule has 0 spiro atoms. The molecule has 9 atom stereocenters. The fourth-order valence-corrected chi connectivity index (χ4v) is 7.20. The standard InChI is InChI=1S/C20H23FN10O9P2S2/c21-13-10(5-32)38-19(31-17-14(28-29-31)18(33)27-20(23)26-17)15(13)40-42(35,44)36-6-11-9(39-41(34)43)3-8(37-11)7-4-25-30-12(22)1-2-24-16(7)30/h1-2,4,8-11,13,15,19,32H,3,5-6H2,(H6-,22,23,24,25,26,27,29,33,34,35,43,44)/p+1/t8-,9+,10-,11-,13+,15-,19-,42?/m1/s1. The van der Waals surface area contributed by atoms with E-state index in [4.69, 9.17) is 46.3 Å². The summed E-state index contributed by atoms with van der Waals surface area (Å²) in [6.45, 7) is -5.49. The zero-order valence-corrected chi connectivity index (χ0v) is 25.6. The molecule has 6 rings (SSSR count). The molecule has 4 aromatic heterocycles. The number of anilines is 2. The summed E-state index contributed by atoms with van der Waals surface area (Å²) in [5.74, 6) is 0.0721. The summed E-state index contributed by atoms with van der Waals surface area (Å²) in [7, 11) is -2.37. The number of nitrogens with two attached hydrogens (primary N) is 2. The Bertz CT molecular complexity index is 1830. The van der Waals surface area contributed by atoms with Gasteiger partial charge in [-0.2, -0.15) is 19.3 Å². The Hall–Kier alpha value is -2.75. The second kappa shape index (κ2) is 12.2. The van der Waals surface area contributed by atoms with E-state index in [-0.39, 0.29) is 23.5 Å². The quantitative estimate of drug-likeness (QED) is 0.0948. The van der Waals surface area contributed by atoms with Crippen molar-refractivity contribution in [3.63, 3.8) is 0 Å². The first-order chi connectivity index (χ1) is 21.0. The van der Waals surface area contributed by atoms with Crippen molar-refractivity contribution < 1.29 is 42.0 Å². The third-order valence-corrected chi connectivity index (χ3v) is 9.22. The number of hydrogen-bond acceptors (Lipinski definition) is 16. The van der Waals surface area contributed by atoms with E-state index in [1.165, 1.54) is 16.9 Å². The molecule has 0 bridgehead atoms. The van der Waals surface area contributed by atoms with E-state index in [2.05, 4.69) is 42.6 Å². The van der Waals surface area contributed by atoms with E-state index in [0.29, 0.717) is 17.0 Å². The zero-order chi connectivity index (χ0) is 31.3. The molecule has 19 nitrogen and oxygen atoms in total. The van der Waals surface area contributed by atoms with Crippen LogP contribution in [0.3, 0.4) is 0 Å². The predicted molar refractivity (Wildman–Crippen MR) is 155 cm³/mol. The Morgan fingerprint density at radius 2 is 2.11 bits per heavy atom. The van der Waals surface area contributed by atoms with Crippen LogP contribution in [0.4, 0.5) is 16.2 Å². The largest absolute Gasteiger partial charge is 0.582 e. The summed E-state index contributed by atoms with van der Waals surface area (Å²) in [6, 6.07) is 1.57. The second-order valence-electron chi connectivity index (χ2n) is 9.67. The second-order valence-corrected chi connectivity index (χ2v) is 14.1. The van der Waals surface area contributed by atoms with Gasteiger partial charge in [-0.3, -0.25) is 14.3 Å². The molecule has 2 saturated heterocycles. The summed E-state index contributed by atoms with van der Waals surface area (Å²) in [4.78, 5) is 33.7. The number of aliphatic hydroxyl groups is 1. The highest BCUT2D eigenvalue weighted by atomic mass is 32.7. The summed E-state index contributed by atoms with van der Waals surface area (Å²) in [6.07, 6.45) is -5.87. The van der Waals surface area contributed by atoms with Gasteiger partial charge >= 0.3 is 13.9 Å². The van der Waals surface area contributed by atoms with Crippen molar-refractivity contribution >= 4 is 66.6 Å². The molecule has 4 aromatic rings. The van der Waals surface area contributed by atoms with Crippen LogP contribution < -0.4 is 17.0 Å². The van der Waals surface area contributed by atoms with Crippen LogP contribution in [-0.2, 0) is 39.4 Å². The van der Waals surface area contributed by atoms with Crippen molar-refractivity contribution in [1.82, 2.24) is 39.6 Å². The fourth-order valence-electron chi connectivity index (χ4n) is 4.98. The van der Waals surface area contributed by atoms with E-state index in [9.17, 15) is 19.4 Å². The van der Waals surface area contributed by atoms with E-state index in [1.54, 1.807) is 6.07 Å². The molecule has 0 aliphatic carbocycles. The number of thiol groups is 1. The number of nitrogen functional groups attached to an aromatic ring is 2. The fraction of sp³-hybridized carbons (Fsp3) is 0.500. The van der Waals surface area contributed by atoms with Crippen LogP contribution in [0.15, 0.2) is 23.3 Å². The molecule has 24 heteroatoms. The predicted octanol–water partition coefficient (Wildman–Crippen LogP) is 0.0707. The first-order valence-corrected chi connectivity index (χ1v) is 17.6. The molecule has 6 heterocycles.